The van der Waals surface area contributed by atoms with Crippen molar-refractivity contribution in [1.29, 1.82) is 0 Å². The van der Waals surface area contributed by atoms with E-state index in [0.29, 0.717) is 11.1 Å². The first-order chi connectivity index (χ1) is 8.74. The zero-order chi connectivity index (χ0) is 14.3. The van der Waals surface area contributed by atoms with E-state index in [2.05, 4.69) is 0 Å². The average molecular weight is 272 g/mol. The van der Waals surface area contributed by atoms with Crippen molar-refractivity contribution in [2.75, 3.05) is 0 Å². The summed E-state index contributed by atoms with van der Waals surface area (Å²) < 4.78 is 37.8. The van der Waals surface area contributed by atoms with Gasteiger partial charge in [-0.3, -0.25) is 0 Å². The quantitative estimate of drug-likeness (QED) is 0.832. The van der Waals surface area contributed by atoms with Crippen LogP contribution in [0.15, 0.2) is 18.2 Å². The second kappa shape index (κ2) is 4.82. The highest BCUT2D eigenvalue weighted by Crippen LogP contribution is 2.48. The van der Waals surface area contributed by atoms with Crippen LogP contribution in [0.3, 0.4) is 0 Å². The van der Waals surface area contributed by atoms with Gasteiger partial charge in [0.1, 0.15) is 0 Å². The molecule has 1 saturated carbocycles. The summed E-state index contributed by atoms with van der Waals surface area (Å²) in [6, 6.07) is 3.60. The van der Waals surface area contributed by atoms with Crippen LogP contribution in [0.2, 0.25) is 0 Å². The molecule has 0 bridgehead atoms. The summed E-state index contributed by atoms with van der Waals surface area (Å²) in [7, 11) is 0. The summed E-state index contributed by atoms with van der Waals surface area (Å²) in [5.74, 6) is 0. The lowest BCUT2D eigenvalue weighted by Gasteiger charge is -2.31. The number of aliphatic hydroxyl groups is 1. The van der Waals surface area contributed by atoms with Crippen LogP contribution in [0.5, 0.6) is 0 Å². The Hall–Kier alpha value is -1.03. The summed E-state index contributed by atoms with van der Waals surface area (Å²) in [5.41, 5.74) is 0.273. The van der Waals surface area contributed by atoms with Crippen molar-refractivity contribution in [3.8, 4) is 0 Å². The predicted octanol–water partition coefficient (Wildman–Crippen LogP) is 4.63. The molecule has 0 spiro atoms. The maximum Gasteiger partial charge on any atom is 0.416 e. The molecular formula is C15H19F3O. The fraction of sp³-hybridized carbons (Fsp3) is 0.600. The Morgan fingerprint density at radius 1 is 1.21 bits per heavy atom. The van der Waals surface area contributed by atoms with Crippen LogP contribution in [0.1, 0.15) is 55.4 Å². The van der Waals surface area contributed by atoms with E-state index in [9.17, 15) is 18.3 Å². The SMILES string of the molecule is Cc1cc(C(F)(F)F)ccc1C(O)C1(C)CCCC1. The van der Waals surface area contributed by atoms with Gasteiger partial charge in [0.05, 0.1) is 11.7 Å². The van der Waals surface area contributed by atoms with Gasteiger partial charge in [-0.2, -0.15) is 13.2 Å². The van der Waals surface area contributed by atoms with Gasteiger partial charge in [0.25, 0.3) is 0 Å². The maximum atomic E-state index is 12.6. The number of aliphatic hydroxyl groups excluding tert-OH is 1. The van der Waals surface area contributed by atoms with Crippen molar-refractivity contribution in [2.45, 2.75) is 51.8 Å². The van der Waals surface area contributed by atoms with E-state index < -0.39 is 17.8 Å². The molecule has 2 rings (SSSR count). The monoisotopic (exact) mass is 272 g/mol. The van der Waals surface area contributed by atoms with Crippen LogP contribution in [-0.4, -0.2) is 5.11 Å². The Balaban J connectivity index is 2.31. The van der Waals surface area contributed by atoms with Crippen LogP contribution >= 0.6 is 0 Å². The lowest BCUT2D eigenvalue weighted by atomic mass is 9.78. The van der Waals surface area contributed by atoms with Gasteiger partial charge in [-0.05, 0) is 48.4 Å². The molecule has 0 heterocycles. The van der Waals surface area contributed by atoms with E-state index >= 15 is 0 Å². The first kappa shape index (κ1) is 14.4. The van der Waals surface area contributed by atoms with Gasteiger partial charge < -0.3 is 5.11 Å². The molecule has 19 heavy (non-hydrogen) atoms. The molecule has 1 N–H and O–H groups in total. The number of hydrogen-bond donors (Lipinski definition) is 1. The molecule has 0 amide bonds. The highest BCUT2D eigenvalue weighted by molar-refractivity contribution is 5.35. The maximum absolute atomic E-state index is 12.6. The van der Waals surface area contributed by atoms with Crippen LogP contribution in [0.4, 0.5) is 13.2 Å². The molecule has 0 aliphatic heterocycles. The molecule has 1 unspecified atom stereocenters. The molecule has 1 nitrogen and oxygen atoms in total. The van der Waals surface area contributed by atoms with E-state index in [1.165, 1.54) is 6.07 Å². The third kappa shape index (κ3) is 2.78. The molecule has 1 fully saturated rings. The van der Waals surface area contributed by atoms with Gasteiger partial charge in [0, 0.05) is 0 Å². The second-order valence-electron chi connectivity index (χ2n) is 5.83. The number of rotatable bonds is 2. The summed E-state index contributed by atoms with van der Waals surface area (Å²) in [6.07, 6.45) is -1.01. The van der Waals surface area contributed by atoms with Crippen molar-refractivity contribution in [2.24, 2.45) is 5.41 Å². The first-order valence-corrected chi connectivity index (χ1v) is 6.60. The Morgan fingerprint density at radius 3 is 2.26 bits per heavy atom. The molecule has 0 saturated heterocycles. The number of aryl methyl sites for hydroxylation is 1. The summed E-state index contributed by atoms with van der Waals surface area (Å²) in [6.45, 7) is 3.65. The summed E-state index contributed by atoms with van der Waals surface area (Å²) in [4.78, 5) is 0. The predicted molar refractivity (Wildman–Crippen MR) is 67.7 cm³/mol. The lowest BCUT2D eigenvalue weighted by Crippen LogP contribution is -2.23. The fourth-order valence-corrected chi connectivity index (χ4v) is 2.99. The lowest BCUT2D eigenvalue weighted by molar-refractivity contribution is -0.137. The van der Waals surface area contributed by atoms with Gasteiger partial charge in [-0.1, -0.05) is 25.8 Å². The first-order valence-electron chi connectivity index (χ1n) is 6.60. The largest absolute Gasteiger partial charge is 0.416 e. The highest BCUT2D eigenvalue weighted by Gasteiger charge is 2.38. The van der Waals surface area contributed by atoms with Crippen molar-refractivity contribution in [1.82, 2.24) is 0 Å². The standard InChI is InChI=1S/C15H19F3O/c1-10-9-11(15(16,17)18)5-6-12(10)13(19)14(2)7-3-4-8-14/h5-6,9,13,19H,3-4,7-8H2,1-2H3. The Morgan fingerprint density at radius 2 is 1.79 bits per heavy atom. The zero-order valence-electron chi connectivity index (χ0n) is 11.2. The molecule has 0 aromatic heterocycles. The van der Waals surface area contributed by atoms with Gasteiger partial charge in [-0.15, -0.1) is 0 Å². The zero-order valence-corrected chi connectivity index (χ0v) is 11.2. The van der Waals surface area contributed by atoms with E-state index in [4.69, 9.17) is 0 Å². The smallest absolute Gasteiger partial charge is 0.388 e. The molecule has 0 radical (unpaired) electrons. The highest BCUT2D eigenvalue weighted by atomic mass is 19.4. The number of alkyl halides is 3. The van der Waals surface area contributed by atoms with Crippen molar-refractivity contribution in [3.63, 3.8) is 0 Å². The second-order valence-corrected chi connectivity index (χ2v) is 5.83. The van der Waals surface area contributed by atoms with Crippen molar-refractivity contribution >= 4 is 0 Å². The van der Waals surface area contributed by atoms with Crippen LogP contribution in [0.25, 0.3) is 0 Å². The van der Waals surface area contributed by atoms with Gasteiger partial charge in [0.2, 0.25) is 0 Å². The van der Waals surface area contributed by atoms with Crippen LogP contribution < -0.4 is 0 Å². The van der Waals surface area contributed by atoms with Crippen LogP contribution in [-0.2, 0) is 6.18 Å². The van der Waals surface area contributed by atoms with E-state index in [1.54, 1.807) is 6.92 Å². The number of benzene rings is 1. The third-order valence-corrected chi connectivity index (χ3v) is 4.30. The van der Waals surface area contributed by atoms with Crippen molar-refractivity contribution < 1.29 is 18.3 Å². The van der Waals surface area contributed by atoms with Gasteiger partial charge in [-0.25, -0.2) is 0 Å². The molecule has 1 aliphatic rings. The normalized spacial score (nSPS) is 20.5. The minimum Gasteiger partial charge on any atom is -0.388 e. The fourth-order valence-electron chi connectivity index (χ4n) is 2.99. The molecular weight excluding hydrogens is 253 g/mol. The van der Waals surface area contributed by atoms with Gasteiger partial charge >= 0.3 is 6.18 Å². The number of halogens is 3. The number of hydrogen-bond acceptors (Lipinski definition) is 1. The molecule has 1 aliphatic carbocycles. The minimum atomic E-state index is -4.33. The van der Waals surface area contributed by atoms with Crippen molar-refractivity contribution in [3.05, 3.63) is 34.9 Å². The third-order valence-electron chi connectivity index (χ3n) is 4.30. The van der Waals surface area contributed by atoms with E-state index in [-0.39, 0.29) is 5.41 Å². The Labute approximate surface area is 111 Å². The molecule has 1 aromatic carbocycles. The molecule has 4 heteroatoms. The van der Waals surface area contributed by atoms with E-state index in [1.807, 2.05) is 6.92 Å². The van der Waals surface area contributed by atoms with E-state index in [0.717, 1.165) is 37.8 Å². The Bertz CT molecular complexity index is 459. The molecule has 106 valence electrons. The minimum absolute atomic E-state index is 0.204. The Kier molecular flexibility index (Phi) is 3.65. The molecule has 1 aromatic rings. The summed E-state index contributed by atoms with van der Waals surface area (Å²) in [5, 5.41) is 10.5. The van der Waals surface area contributed by atoms with Crippen LogP contribution in [0, 0.1) is 12.3 Å². The molecule has 1 atom stereocenters. The van der Waals surface area contributed by atoms with Gasteiger partial charge in [0.15, 0.2) is 0 Å². The average Bonchev–Trinajstić information content (AvgIpc) is 2.75. The topological polar surface area (TPSA) is 20.2 Å². The summed E-state index contributed by atoms with van der Waals surface area (Å²) >= 11 is 0.